The fraction of sp³-hybridized carbons (Fsp3) is 0.600. The van der Waals surface area contributed by atoms with Crippen molar-refractivity contribution in [3.05, 3.63) is 41.2 Å². The molecule has 1 fully saturated rings. The Hall–Kier alpha value is -0.606. The van der Waals surface area contributed by atoms with E-state index in [1.54, 1.807) is 0 Å². The van der Waals surface area contributed by atoms with Gasteiger partial charge in [-0.25, -0.2) is 0 Å². The van der Waals surface area contributed by atoms with E-state index < -0.39 is 8.80 Å². The van der Waals surface area contributed by atoms with Crippen LogP contribution in [0, 0.1) is 5.92 Å². The molecule has 22 heavy (non-hydrogen) atoms. The van der Waals surface area contributed by atoms with Gasteiger partial charge in [0.25, 0.3) is 0 Å². The van der Waals surface area contributed by atoms with Gasteiger partial charge in [-0.05, 0) is 29.8 Å². The molecule has 0 aliphatic heterocycles. The molecular formula is C20H31Si2. The predicted molar refractivity (Wildman–Crippen MR) is 102 cm³/mol. The molecule has 0 atom stereocenters. The molecule has 0 amide bonds. The van der Waals surface area contributed by atoms with Gasteiger partial charge in [0, 0.05) is 0 Å². The minimum absolute atomic E-state index is 0.440. The van der Waals surface area contributed by atoms with E-state index in [4.69, 9.17) is 0 Å². The molecule has 0 aromatic heterocycles. The molecule has 119 valence electrons. The smallest absolute Gasteiger partial charge is 0.0936 e. The minimum atomic E-state index is -0.440. The lowest BCUT2D eigenvalue weighted by molar-refractivity contribution is 0.419. The van der Waals surface area contributed by atoms with Crippen LogP contribution in [0.25, 0.3) is 0 Å². The number of hydrogen-bond donors (Lipinski definition) is 0. The molecule has 3 radical (unpaired) electrons. The zero-order valence-electron chi connectivity index (χ0n) is 14.7. The Bertz CT molecular complexity index is 448. The summed E-state index contributed by atoms with van der Waals surface area (Å²) < 4.78 is 0. The molecule has 1 aliphatic rings. The normalized spacial score (nSPS) is 17.7. The zero-order chi connectivity index (χ0) is 15.9. The van der Waals surface area contributed by atoms with Gasteiger partial charge >= 0.3 is 0 Å². The lowest BCUT2D eigenvalue weighted by Gasteiger charge is -2.28. The van der Waals surface area contributed by atoms with Crippen LogP contribution < -0.4 is 5.19 Å². The molecule has 0 bridgehead atoms. The van der Waals surface area contributed by atoms with Gasteiger partial charge in [0.05, 0.1) is 8.80 Å². The molecule has 0 N–H and O–H groups in total. The van der Waals surface area contributed by atoms with Crippen molar-refractivity contribution in [2.75, 3.05) is 0 Å². The largest absolute Gasteiger partial charge is 0.110 e. The molecule has 0 nitrogen and oxygen atoms in total. The Morgan fingerprint density at radius 2 is 1.59 bits per heavy atom. The van der Waals surface area contributed by atoms with Crippen molar-refractivity contribution in [3.8, 4) is 0 Å². The first-order chi connectivity index (χ1) is 10.6. The topological polar surface area (TPSA) is 0 Å². The summed E-state index contributed by atoms with van der Waals surface area (Å²) in [6.45, 7) is 9.77. The summed E-state index contributed by atoms with van der Waals surface area (Å²) in [5.41, 5.74) is 1.66. The Kier molecular flexibility index (Phi) is 7.16. The van der Waals surface area contributed by atoms with E-state index in [2.05, 4.69) is 64.1 Å². The number of hydrogen-bond acceptors (Lipinski definition) is 0. The van der Waals surface area contributed by atoms with Crippen molar-refractivity contribution in [1.82, 2.24) is 0 Å². The third-order valence-corrected chi connectivity index (χ3v) is 10.2. The monoisotopic (exact) mass is 327 g/mol. The fourth-order valence-electron chi connectivity index (χ4n) is 3.71. The maximum absolute atomic E-state index is 2.74. The van der Waals surface area contributed by atoms with Crippen LogP contribution in [-0.4, -0.2) is 18.3 Å². The molecule has 0 heterocycles. The third-order valence-electron chi connectivity index (χ3n) is 4.66. The van der Waals surface area contributed by atoms with Crippen LogP contribution in [0.2, 0.25) is 11.1 Å². The van der Waals surface area contributed by atoms with E-state index in [9.17, 15) is 0 Å². The van der Waals surface area contributed by atoms with Crippen LogP contribution in [0.15, 0.2) is 41.2 Å². The van der Waals surface area contributed by atoms with Crippen molar-refractivity contribution < 1.29 is 0 Å². The molecule has 2 rings (SSSR count). The van der Waals surface area contributed by atoms with Crippen LogP contribution in [0.3, 0.4) is 0 Å². The molecule has 1 aromatic carbocycles. The summed E-state index contributed by atoms with van der Waals surface area (Å²) >= 11 is 0. The first-order valence-corrected chi connectivity index (χ1v) is 11.6. The Morgan fingerprint density at radius 3 is 2.14 bits per heavy atom. The summed E-state index contributed by atoms with van der Waals surface area (Å²) in [4.78, 5) is 1.83. The van der Waals surface area contributed by atoms with Gasteiger partial charge in [0.15, 0.2) is 0 Å². The second kappa shape index (κ2) is 8.88. The van der Waals surface area contributed by atoms with E-state index in [-0.39, 0.29) is 0 Å². The van der Waals surface area contributed by atoms with Crippen LogP contribution in [0.1, 0.15) is 59.8 Å². The van der Waals surface area contributed by atoms with Crippen molar-refractivity contribution in [2.45, 2.75) is 70.9 Å². The van der Waals surface area contributed by atoms with E-state index in [1.807, 2.05) is 4.82 Å². The highest BCUT2D eigenvalue weighted by molar-refractivity contribution is 6.87. The first-order valence-electron chi connectivity index (χ1n) is 8.99. The molecule has 1 aromatic rings. The van der Waals surface area contributed by atoms with Gasteiger partial charge in [-0.3, -0.25) is 0 Å². The molecule has 0 spiro atoms. The van der Waals surface area contributed by atoms with Gasteiger partial charge in [-0.2, -0.15) is 0 Å². The molecule has 0 saturated heterocycles. The van der Waals surface area contributed by atoms with Gasteiger partial charge in [-0.1, -0.05) is 93.4 Å². The van der Waals surface area contributed by atoms with Crippen LogP contribution in [-0.2, 0) is 0 Å². The Morgan fingerprint density at radius 1 is 1.00 bits per heavy atom. The number of benzene rings is 1. The fourth-order valence-corrected chi connectivity index (χ4v) is 10.4. The van der Waals surface area contributed by atoms with E-state index in [1.165, 1.54) is 37.3 Å². The molecule has 1 saturated carbocycles. The van der Waals surface area contributed by atoms with Crippen LogP contribution in [0.4, 0.5) is 0 Å². The molecular weight excluding hydrogens is 296 g/mol. The zero-order valence-corrected chi connectivity index (χ0v) is 16.7. The lowest BCUT2D eigenvalue weighted by atomic mass is 9.89. The second-order valence-electron chi connectivity index (χ2n) is 7.23. The van der Waals surface area contributed by atoms with E-state index in [0.717, 1.165) is 26.5 Å². The first kappa shape index (κ1) is 17.7. The maximum Gasteiger partial charge on any atom is 0.110 e. The second-order valence-corrected chi connectivity index (χ2v) is 12.9. The van der Waals surface area contributed by atoms with Crippen molar-refractivity contribution >= 4 is 23.5 Å². The van der Waals surface area contributed by atoms with Crippen LogP contribution >= 0.6 is 0 Å². The van der Waals surface area contributed by atoms with Crippen molar-refractivity contribution in [1.29, 1.82) is 0 Å². The van der Waals surface area contributed by atoms with Crippen molar-refractivity contribution in [2.24, 2.45) is 5.92 Å². The summed E-state index contributed by atoms with van der Waals surface area (Å²) in [6.07, 6.45) is 9.91. The summed E-state index contributed by atoms with van der Waals surface area (Å²) in [6, 6.07) is 11.1. The summed E-state index contributed by atoms with van der Waals surface area (Å²) in [5.74, 6) is 0.859. The average Bonchev–Trinajstić information content (AvgIpc) is 2.48. The SMILES string of the molecule is CC(C)[Si](/C(=C\C1CCCCC1)[Si]c1ccccc1)C(C)C. The lowest BCUT2D eigenvalue weighted by Crippen LogP contribution is -2.33. The Balaban J connectivity index is 2.24. The number of allylic oxidation sites excluding steroid dienone is 1. The third kappa shape index (κ3) is 5.24. The quantitative estimate of drug-likeness (QED) is 0.619. The minimum Gasteiger partial charge on any atom is -0.0936 e. The van der Waals surface area contributed by atoms with E-state index in [0.29, 0.717) is 0 Å². The summed E-state index contributed by atoms with van der Waals surface area (Å²) in [7, 11) is 0.452. The van der Waals surface area contributed by atoms with Gasteiger partial charge in [0.2, 0.25) is 0 Å². The molecule has 0 unspecified atom stereocenters. The van der Waals surface area contributed by atoms with Gasteiger partial charge in [-0.15, -0.1) is 0 Å². The highest BCUT2D eigenvalue weighted by Gasteiger charge is 2.26. The summed E-state index contributed by atoms with van der Waals surface area (Å²) in [5, 5.41) is 1.52. The highest BCUT2D eigenvalue weighted by Crippen LogP contribution is 2.30. The standard InChI is InChI=1S/C20H31Si2/c1-16(2)22(17(3)4)20(15-18-11-7-5-8-12-18)21-19-13-9-6-10-14-19/h6,9-10,13-18H,5,7-8,11-12H2,1-4H3/b20-15-. The van der Waals surface area contributed by atoms with Crippen molar-refractivity contribution in [3.63, 3.8) is 0 Å². The molecule has 2 heteroatoms. The highest BCUT2D eigenvalue weighted by atomic mass is 28.3. The maximum atomic E-state index is 2.74. The molecule has 1 aliphatic carbocycles. The van der Waals surface area contributed by atoms with Crippen LogP contribution in [0.5, 0.6) is 0 Å². The van der Waals surface area contributed by atoms with Gasteiger partial charge in [0.1, 0.15) is 9.52 Å². The van der Waals surface area contributed by atoms with E-state index >= 15 is 0 Å². The predicted octanol–water partition coefficient (Wildman–Crippen LogP) is 5.33. The van der Waals surface area contributed by atoms with Gasteiger partial charge < -0.3 is 0 Å². The average molecular weight is 328 g/mol. The number of rotatable bonds is 6. The Labute approximate surface area is 141 Å².